The number of methoxy groups -OCH3 is 1. The molecule has 3 amide bonds. The van der Waals surface area contributed by atoms with E-state index in [1.165, 1.54) is 7.11 Å². The molecule has 1 aliphatic heterocycles. The number of hydrogen-bond acceptors (Lipinski definition) is 7. The molecule has 1 N–H and O–H groups in total. The number of nitrogens with zero attached hydrogens (tertiary/aromatic N) is 2. The van der Waals surface area contributed by atoms with Gasteiger partial charge in [0.05, 0.1) is 12.0 Å². The molecule has 0 bridgehead atoms. The Morgan fingerprint density at radius 1 is 1.14 bits per heavy atom. The molecule has 0 saturated carbocycles. The first-order valence-electron chi connectivity index (χ1n) is 10.7. The highest BCUT2D eigenvalue weighted by Gasteiger charge is 2.33. The summed E-state index contributed by atoms with van der Waals surface area (Å²) in [4.78, 5) is 39.6. The van der Waals surface area contributed by atoms with E-state index in [0.29, 0.717) is 45.6 Å². The predicted octanol–water partition coefficient (Wildman–Crippen LogP) is 4.14. The van der Waals surface area contributed by atoms with Gasteiger partial charge in [0.25, 0.3) is 17.7 Å². The number of hydrogen-bond donors (Lipinski definition) is 1. The average Bonchev–Trinajstić information content (AvgIpc) is 3.11. The molecule has 1 fully saturated rings. The number of benzene rings is 2. The monoisotopic (exact) mass is 533 g/mol. The molecular formula is C24H24ClN3O5S2. The molecule has 3 rings (SSSR count). The highest BCUT2D eigenvalue weighted by Crippen LogP contribution is 2.34. The number of halogens is 1. The smallest absolute Gasteiger partial charge is 0.285 e. The molecule has 1 aliphatic rings. The van der Waals surface area contributed by atoms with Gasteiger partial charge >= 0.3 is 0 Å². The Morgan fingerprint density at radius 2 is 1.83 bits per heavy atom. The van der Waals surface area contributed by atoms with Gasteiger partial charge in [0, 0.05) is 23.7 Å². The van der Waals surface area contributed by atoms with Gasteiger partial charge in [0.15, 0.2) is 22.4 Å². The Labute approximate surface area is 218 Å². The van der Waals surface area contributed by atoms with E-state index < -0.39 is 11.8 Å². The van der Waals surface area contributed by atoms with Crippen molar-refractivity contribution in [3.63, 3.8) is 0 Å². The fraction of sp³-hybridized carbons (Fsp3) is 0.250. The van der Waals surface area contributed by atoms with E-state index in [9.17, 15) is 14.4 Å². The first-order chi connectivity index (χ1) is 16.8. The molecule has 8 nitrogen and oxygen atoms in total. The molecule has 0 radical (unpaired) electrons. The topological polar surface area (TPSA) is 88.2 Å². The molecule has 0 aliphatic carbocycles. The number of carbonyl (C=O) groups excluding carboxylic acids is 3. The molecule has 2 aromatic carbocycles. The van der Waals surface area contributed by atoms with Crippen LogP contribution in [-0.4, -0.2) is 58.8 Å². The lowest BCUT2D eigenvalue weighted by atomic mass is 10.2. The molecule has 0 spiro atoms. The van der Waals surface area contributed by atoms with Gasteiger partial charge < -0.3 is 14.4 Å². The zero-order valence-corrected chi connectivity index (χ0v) is 21.8. The van der Waals surface area contributed by atoms with E-state index in [0.717, 1.165) is 16.8 Å². The minimum Gasteiger partial charge on any atom is -0.493 e. The number of carbonyl (C=O) groups is 3. The summed E-state index contributed by atoms with van der Waals surface area (Å²) in [6.45, 7) is 4.91. The Bertz CT molecular complexity index is 1170. The van der Waals surface area contributed by atoms with Crippen LogP contribution in [0.25, 0.3) is 6.08 Å². The van der Waals surface area contributed by atoms with Gasteiger partial charge in [-0.1, -0.05) is 29.4 Å². The van der Waals surface area contributed by atoms with Gasteiger partial charge in [-0.2, -0.15) is 5.01 Å². The van der Waals surface area contributed by atoms with Crippen LogP contribution in [0.5, 0.6) is 11.5 Å². The van der Waals surface area contributed by atoms with Crippen LogP contribution in [0.1, 0.15) is 29.8 Å². The summed E-state index contributed by atoms with van der Waals surface area (Å²) in [5.74, 6) is -0.232. The molecule has 1 heterocycles. The van der Waals surface area contributed by atoms with Crippen molar-refractivity contribution >= 4 is 63.7 Å². The fourth-order valence-electron chi connectivity index (χ4n) is 3.18. The molecule has 35 heavy (non-hydrogen) atoms. The van der Waals surface area contributed by atoms with E-state index >= 15 is 0 Å². The number of ether oxygens (including phenoxy) is 2. The predicted molar refractivity (Wildman–Crippen MR) is 140 cm³/mol. The van der Waals surface area contributed by atoms with Gasteiger partial charge in [-0.05, 0) is 74.1 Å². The highest BCUT2D eigenvalue weighted by atomic mass is 35.5. The van der Waals surface area contributed by atoms with Crippen molar-refractivity contribution in [2.24, 2.45) is 0 Å². The van der Waals surface area contributed by atoms with Gasteiger partial charge in [0.1, 0.15) is 0 Å². The molecule has 0 unspecified atom stereocenters. The number of nitrogens with one attached hydrogen (secondary N) is 1. The van der Waals surface area contributed by atoms with Crippen LogP contribution in [0.4, 0.5) is 0 Å². The van der Waals surface area contributed by atoms with Crippen molar-refractivity contribution in [3.8, 4) is 11.5 Å². The van der Waals surface area contributed by atoms with Crippen LogP contribution in [0.2, 0.25) is 5.02 Å². The minimum absolute atomic E-state index is 0.108. The first kappa shape index (κ1) is 26.5. The third-order valence-electron chi connectivity index (χ3n) is 5.07. The van der Waals surface area contributed by atoms with Crippen LogP contribution < -0.4 is 14.9 Å². The summed E-state index contributed by atoms with van der Waals surface area (Å²) in [5.41, 5.74) is 3.53. The summed E-state index contributed by atoms with van der Waals surface area (Å²) >= 11 is 12.2. The Morgan fingerprint density at radius 3 is 2.46 bits per heavy atom. The summed E-state index contributed by atoms with van der Waals surface area (Å²) in [7, 11) is 1.49. The van der Waals surface area contributed by atoms with Gasteiger partial charge in [-0.15, -0.1) is 0 Å². The highest BCUT2D eigenvalue weighted by molar-refractivity contribution is 8.26. The van der Waals surface area contributed by atoms with Gasteiger partial charge in [-0.25, -0.2) is 0 Å². The maximum atomic E-state index is 12.9. The van der Waals surface area contributed by atoms with E-state index in [4.69, 9.17) is 33.3 Å². The number of thioether (sulfide) groups is 1. The molecule has 11 heteroatoms. The summed E-state index contributed by atoms with van der Waals surface area (Å²) in [5, 5.41) is 1.54. The normalized spacial score (nSPS) is 14.3. The van der Waals surface area contributed by atoms with Gasteiger partial charge in [-0.3, -0.25) is 19.8 Å². The van der Waals surface area contributed by atoms with E-state index in [-0.39, 0.29) is 16.8 Å². The maximum Gasteiger partial charge on any atom is 0.285 e. The lowest BCUT2D eigenvalue weighted by molar-refractivity contribution is -0.133. The zero-order chi connectivity index (χ0) is 25.5. The number of amides is 3. The van der Waals surface area contributed by atoms with Crippen molar-refractivity contribution < 1.29 is 23.9 Å². The third kappa shape index (κ3) is 6.53. The molecule has 184 valence electrons. The van der Waals surface area contributed by atoms with E-state index in [1.54, 1.807) is 53.4 Å². The van der Waals surface area contributed by atoms with Crippen molar-refractivity contribution in [1.82, 2.24) is 15.3 Å². The molecule has 0 atom stereocenters. The Kier molecular flexibility index (Phi) is 9.13. The van der Waals surface area contributed by atoms with Crippen LogP contribution in [-0.2, 0) is 9.59 Å². The number of hydrazine groups is 1. The van der Waals surface area contributed by atoms with Crippen LogP contribution >= 0.6 is 35.6 Å². The fourth-order valence-corrected chi connectivity index (χ4v) is 4.49. The minimum atomic E-state index is -0.485. The quantitative estimate of drug-likeness (QED) is 0.383. The number of likely N-dealkylation sites (N-methyl/N-ethyl adjacent to an activating group) is 1. The van der Waals surface area contributed by atoms with Crippen molar-refractivity contribution in [2.75, 3.05) is 26.8 Å². The second-order valence-electron chi connectivity index (χ2n) is 7.23. The summed E-state index contributed by atoms with van der Waals surface area (Å²) in [6.07, 6.45) is 1.64. The van der Waals surface area contributed by atoms with Gasteiger partial charge in [0.2, 0.25) is 0 Å². The van der Waals surface area contributed by atoms with E-state index in [2.05, 4.69) is 5.43 Å². The van der Waals surface area contributed by atoms with E-state index in [1.807, 2.05) is 13.8 Å². The molecular weight excluding hydrogens is 510 g/mol. The van der Waals surface area contributed by atoms with Crippen LogP contribution in [0, 0.1) is 0 Å². The average molecular weight is 534 g/mol. The largest absolute Gasteiger partial charge is 0.493 e. The van der Waals surface area contributed by atoms with Crippen molar-refractivity contribution in [3.05, 3.63) is 63.5 Å². The van der Waals surface area contributed by atoms with Crippen LogP contribution in [0.15, 0.2) is 47.4 Å². The SMILES string of the molecule is CCN(CC)C(=O)COc1ccc(/C=C2/SC(=S)N(NC(=O)c3ccc(Cl)cc3)C2=O)cc1OC. The number of rotatable bonds is 9. The van der Waals surface area contributed by atoms with Crippen molar-refractivity contribution in [1.29, 1.82) is 0 Å². The second kappa shape index (κ2) is 12.1. The second-order valence-corrected chi connectivity index (χ2v) is 9.34. The lowest BCUT2D eigenvalue weighted by Crippen LogP contribution is -2.44. The summed E-state index contributed by atoms with van der Waals surface area (Å²) < 4.78 is 11.3. The molecule has 0 aromatic heterocycles. The molecule has 2 aromatic rings. The van der Waals surface area contributed by atoms with Crippen molar-refractivity contribution in [2.45, 2.75) is 13.8 Å². The standard InChI is InChI=1S/C24H24ClN3O5S2/c1-4-27(5-2)21(29)14-33-18-11-6-15(12-19(18)32-3)13-20-23(31)28(24(34)35-20)26-22(30)16-7-9-17(25)10-8-16/h6-13H,4-5,14H2,1-3H3,(H,26,30)/b20-13+. The lowest BCUT2D eigenvalue weighted by Gasteiger charge is -2.19. The van der Waals surface area contributed by atoms with Crippen LogP contribution in [0.3, 0.4) is 0 Å². The first-order valence-corrected chi connectivity index (χ1v) is 12.3. The molecule has 1 saturated heterocycles. The zero-order valence-electron chi connectivity index (χ0n) is 19.4. The maximum absolute atomic E-state index is 12.9. The summed E-state index contributed by atoms with van der Waals surface area (Å²) in [6, 6.07) is 11.4. The Balaban J connectivity index is 1.71. The third-order valence-corrected chi connectivity index (χ3v) is 6.62. The number of thiocarbonyl (C=S) groups is 1. The Hall–Kier alpha value is -3.08.